The molecule has 0 atom stereocenters. The molecular formula is C15H16F3N3. The number of fused-ring (bicyclic) bond motifs is 1. The van der Waals surface area contributed by atoms with E-state index in [4.69, 9.17) is 5.73 Å². The van der Waals surface area contributed by atoms with Crippen molar-refractivity contribution in [1.82, 2.24) is 9.55 Å². The van der Waals surface area contributed by atoms with Crippen molar-refractivity contribution in [3.05, 3.63) is 65.7 Å². The van der Waals surface area contributed by atoms with Crippen molar-refractivity contribution in [3.8, 4) is 0 Å². The molecule has 0 aliphatic carbocycles. The Morgan fingerprint density at radius 1 is 1.05 bits per heavy atom. The number of benzene rings is 2. The minimum atomic E-state index is -0.226. The van der Waals surface area contributed by atoms with E-state index >= 15 is 0 Å². The van der Waals surface area contributed by atoms with Crippen molar-refractivity contribution in [2.75, 3.05) is 0 Å². The number of para-hydroxylation sites is 2. The first kappa shape index (κ1) is 16.7. The van der Waals surface area contributed by atoms with Gasteiger partial charge in [-0.15, -0.1) is 0 Å². The number of rotatable bonds is 3. The first-order valence-electron chi connectivity index (χ1n) is 6.16. The molecule has 0 aliphatic heterocycles. The molecule has 0 bridgehead atoms. The lowest BCUT2D eigenvalue weighted by molar-refractivity contribution is 0.623. The summed E-state index contributed by atoms with van der Waals surface area (Å²) in [4.78, 5) is 4.49. The third-order valence-corrected chi connectivity index (χ3v) is 3.15. The molecule has 0 aliphatic rings. The van der Waals surface area contributed by atoms with Gasteiger partial charge in [-0.2, -0.15) is 0 Å². The highest BCUT2D eigenvalue weighted by Gasteiger charge is 2.09. The van der Waals surface area contributed by atoms with E-state index in [9.17, 15) is 4.39 Å². The average Bonchev–Trinajstić information content (AvgIpc) is 2.77. The van der Waals surface area contributed by atoms with Crippen molar-refractivity contribution in [1.29, 1.82) is 0 Å². The first-order valence-corrected chi connectivity index (χ1v) is 6.16. The molecule has 21 heavy (non-hydrogen) atoms. The minimum Gasteiger partial charge on any atom is -0.324 e. The fraction of sp³-hybridized carbons (Fsp3) is 0.133. The van der Waals surface area contributed by atoms with Crippen LogP contribution in [0.25, 0.3) is 11.0 Å². The molecule has 0 saturated heterocycles. The summed E-state index contributed by atoms with van der Waals surface area (Å²) in [5.74, 6) is 0.585. The van der Waals surface area contributed by atoms with Gasteiger partial charge in [0.1, 0.15) is 11.6 Å². The lowest BCUT2D eigenvalue weighted by Crippen LogP contribution is -2.09. The van der Waals surface area contributed by atoms with E-state index in [0.717, 1.165) is 22.4 Å². The van der Waals surface area contributed by atoms with Crippen LogP contribution in [0.1, 0.15) is 11.4 Å². The molecule has 3 aromatic rings. The summed E-state index contributed by atoms with van der Waals surface area (Å²) in [7, 11) is 0. The zero-order chi connectivity index (χ0) is 13.2. The molecule has 0 spiro atoms. The highest BCUT2D eigenvalue weighted by molar-refractivity contribution is 5.76. The lowest BCUT2D eigenvalue weighted by atomic mass is 10.2. The quantitative estimate of drug-likeness (QED) is 0.807. The number of halogens is 3. The van der Waals surface area contributed by atoms with Gasteiger partial charge < -0.3 is 10.3 Å². The molecule has 0 unspecified atom stereocenters. The standard InChI is InChI=1S/C15H14FN3.2FH/c16-12-5-3-4-11(8-12)10-19-14-7-2-1-6-13(14)18-15(19)9-17;;/h1-8H,9-10,17H2;2*1H. The molecule has 0 amide bonds. The van der Waals surface area contributed by atoms with E-state index in [0.29, 0.717) is 13.1 Å². The van der Waals surface area contributed by atoms with E-state index in [-0.39, 0.29) is 15.2 Å². The number of imidazole rings is 1. The van der Waals surface area contributed by atoms with Gasteiger partial charge >= 0.3 is 0 Å². The van der Waals surface area contributed by atoms with Crippen LogP contribution in [-0.4, -0.2) is 9.55 Å². The molecule has 1 aromatic heterocycles. The second-order valence-electron chi connectivity index (χ2n) is 4.44. The Labute approximate surface area is 120 Å². The predicted octanol–water partition coefficient (Wildman–Crippen LogP) is 2.99. The predicted molar refractivity (Wildman–Crippen MR) is 78.1 cm³/mol. The Kier molecular flexibility index (Phi) is 5.49. The monoisotopic (exact) mass is 295 g/mol. The molecule has 3 nitrogen and oxygen atoms in total. The van der Waals surface area contributed by atoms with Gasteiger partial charge in [0.15, 0.2) is 0 Å². The number of hydrogen-bond donors (Lipinski definition) is 1. The zero-order valence-corrected chi connectivity index (χ0v) is 11.2. The topological polar surface area (TPSA) is 43.8 Å². The van der Waals surface area contributed by atoms with Crippen LogP contribution in [-0.2, 0) is 13.1 Å². The maximum atomic E-state index is 13.2. The molecule has 112 valence electrons. The Morgan fingerprint density at radius 2 is 1.81 bits per heavy atom. The summed E-state index contributed by atoms with van der Waals surface area (Å²) >= 11 is 0. The van der Waals surface area contributed by atoms with Crippen LogP contribution < -0.4 is 5.73 Å². The van der Waals surface area contributed by atoms with Crippen molar-refractivity contribution < 1.29 is 13.8 Å². The van der Waals surface area contributed by atoms with Gasteiger partial charge in [-0.25, -0.2) is 9.37 Å². The summed E-state index contributed by atoms with van der Waals surface area (Å²) in [6.07, 6.45) is 0. The highest BCUT2D eigenvalue weighted by atomic mass is 19.1. The minimum absolute atomic E-state index is 0. The summed E-state index contributed by atoms with van der Waals surface area (Å²) < 4.78 is 15.3. The largest absolute Gasteiger partial charge is 0.324 e. The fourth-order valence-electron chi connectivity index (χ4n) is 2.28. The molecule has 3 rings (SSSR count). The first-order chi connectivity index (χ1) is 9.28. The van der Waals surface area contributed by atoms with E-state index in [1.807, 2.05) is 34.9 Å². The number of aromatic nitrogens is 2. The zero-order valence-electron chi connectivity index (χ0n) is 11.2. The van der Waals surface area contributed by atoms with Crippen LogP contribution in [0, 0.1) is 5.82 Å². The van der Waals surface area contributed by atoms with Crippen LogP contribution in [0.5, 0.6) is 0 Å². The van der Waals surface area contributed by atoms with Crippen molar-refractivity contribution in [3.63, 3.8) is 0 Å². The van der Waals surface area contributed by atoms with Gasteiger partial charge in [-0.1, -0.05) is 24.3 Å². The number of hydrogen-bond acceptors (Lipinski definition) is 2. The van der Waals surface area contributed by atoms with Gasteiger partial charge in [0.25, 0.3) is 0 Å². The Morgan fingerprint density at radius 3 is 2.52 bits per heavy atom. The summed E-state index contributed by atoms with van der Waals surface area (Å²) in [6.45, 7) is 0.939. The molecule has 6 heteroatoms. The summed E-state index contributed by atoms with van der Waals surface area (Å²) in [6, 6.07) is 14.5. The average molecular weight is 295 g/mol. The van der Waals surface area contributed by atoms with Gasteiger partial charge in [-0.3, -0.25) is 9.41 Å². The van der Waals surface area contributed by atoms with Gasteiger partial charge in [0.2, 0.25) is 0 Å². The summed E-state index contributed by atoms with van der Waals surface area (Å²) in [5, 5.41) is 0. The summed E-state index contributed by atoms with van der Waals surface area (Å²) in [5.41, 5.74) is 8.58. The van der Waals surface area contributed by atoms with Crippen LogP contribution in [0.2, 0.25) is 0 Å². The fourth-order valence-corrected chi connectivity index (χ4v) is 2.28. The second-order valence-corrected chi connectivity index (χ2v) is 4.44. The Bertz CT molecular complexity index is 725. The van der Waals surface area contributed by atoms with Crippen molar-refractivity contribution in [2.45, 2.75) is 13.1 Å². The van der Waals surface area contributed by atoms with Crippen LogP contribution in [0.4, 0.5) is 13.8 Å². The molecular weight excluding hydrogens is 279 g/mol. The van der Waals surface area contributed by atoms with Gasteiger partial charge in [-0.05, 0) is 29.8 Å². The van der Waals surface area contributed by atoms with E-state index in [1.54, 1.807) is 6.07 Å². The molecule has 0 saturated carbocycles. The Balaban J connectivity index is 0.00000110. The van der Waals surface area contributed by atoms with Crippen LogP contribution in [0.15, 0.2) is 48.5 Å². The van der Waals surface area contributed by atoms with Gasteiger partial charge in [0.05, 0.1) is 17.6 Å². The van der Waals surface area contributed by atoms with E-state index in [2.05, 4.69) is 4.98 Å². The molecule has 1 heterocycles. The van der Waals surface area contributed by atoms with Crippen molar-refractivity contribution in [2.24, 2.45) is 5.73 Å². The highest BCUT2D eigenvalue weighted by Crippen LogP contribution is 2.18. The van der Waals surface area contributed by atoms with E-state index in [1.165, 1.54) is 12.1 Å². The number of nitrogens with zero attached hydrogens (tertiary/aromatic N) is 2. The third kappa shape index (κ3) is 3.22. The van der Waals surface area contributed by atoms with Gasteiger partial charge in [0, 0.05) is 6.54 Å². The number of nitrogens with two attached hydrogens (primary N) is 1. The van der Waals surface area contributed by atoms with Crippen molar-refractivity contribution >= 4 is 11.0 Å². The third-order valence-electron chi connectivity index (χ3n) is 3.15. The smallest absolute Gasteiger partial charge is 0.123 e. The second kappa shape index (κ2) is 6.90. The van der Waals surface area contributed by atoms with Crippen LogP contribution >= 0.6 is 0 Å². The molecule has 0 fully saturated rings. The lowest BCUT2D eigenvalue weighted by Gasteiger charge is -2.08. The SMILES string of the molecule is F.F.NCc1nc2ccccc2n1Cc1cccc(F)c1. The maximum Gasteiger partial charge on any atom is 0.123 e. The normalized spacial score (nSPS) is 10.0. The molecule has 0 radical (unpaired) electrons. The maximum absolute atomic E-state index is 13.2. The molecule has 2 N–H and O–H groups in total. The van der Waals surface area contributed by atoms with Crippen LogP contribution in [0.3, 0.4) is 0 Å². The Hall–Kier alpha value is -2.34. The molecule has 2 aromatic carbocycles. The van der Waals surface area contributed by atoms with E-state index < -0.39 is 0 Å².